The number of amides is 1. The number of hydrogen-bond acceptors (Lipinski definition) is 4. The molecule has 116 valence electrons. The fourth-order valence-corrected chi connectivity index (χ4v) is 2.71. The number of nitrogens with zero attached hydrogens (tertiary/aromatic N) is 1. The van der Waals surface area contributed by atoms with E-state index in [-0.39, 0.29) is 5.91 Å². The van der Waals surface area contributed by atoms with E-state index in [1.807, 2.05) is 6.92 Å². The molecule has 1 aromatic carbocycles. The van der Waals surface area contributed by atoms with Crippen molar-refractivity contribution in [1.82, 2.24) is 10.2 Å². The van der Waals surface area contributed by atoms with Crippen LogP contribution in [0.25, 0.3) is 0 Å². The average Bonchev–Trinajstić information content (AvgIpc) is 2.68. The lowest BCUT2D eigenvalue weighted by Gasteiger charge is -2.18. The minimum absolute atomic E-state index is 0.0959. The Bertz CT molecular complexity index is 468. The molecule has 21 heavy (non-hydrogen) atoms. The molecule has 1 aromatic rings. The van der Waals surface area contributed by atoms with Gasteiger partial charge in [-0.1, -0.05) is 0 Å². The summed E-state index contributed by atoms with van der Waals surface area (Å²) in [6.07, 6.45) is 1.85. The normalized spacial score (nSPS) is 15.0. The lowest BCUT2D eigenvalue weighted by molar-refractivity contribution is -0.122. The van der Waals surface area contributed by atoms with Crippen molar-refractivity contribution in [2.45, 2.75) is 19.8 Å². The second kappa shape index (κ2) is 7.31. The van der Waals surface area contributed by atoms with Gasteiger partial charge in [-0.3, -0.25) is 9.69 Å². The zero-order valence-corrected chi connectivity index (χ0v) is 13.1. The number of fused-ring (bicyclic) bond motifs is 1. The van der Waals surface area contributed by atoms with Crippen LogP contribution >= 0.6 is 0 Å². The second-order valence-electron chi connectivity index (χ2n) is 5.21. The predicted octanol–water partition coefficient (Wildman–Crippen LogP) is 1.24. The summed E-state index contributed by atoms with van der Waals surface area (Å²) >= 11 is 0. The van der Waals surface area contributed by atoms with Crippen LogP contribution in [0.5, 0.6) is 11.5 Å². The van der Waals surface area contributed by atoms with E-state index in [1.54, 1.807) is 14.2 Å². The zero-order chi connectivity index (χ0) is 15.2. The second-order valence-corrected chi connectivity index (χ2v) is 5.21. The third kappa shape index (κ3) is 3.88. The van der Waals surface area contributed by atoms with Gasteiger partial charge in [-0.15, -0.1) is 0 Å². The van der Waals surface area contributed by atoms with E-state index in [1.165, 1.54) is 11.1 Å². The third-order valence-corrected chi connectivity index (χ3v) is 3.84. The first-order valence-electron chi connectivity index (χ1n) is 7.40. The SMILES string of the molecule is CCNC(=O)CN1CCc2cc(OC)c(OC)cc2CC1. The van der Waals surface area contributed by atoms with Crippen molar-refractivity contribution in [3.05, 3.63) is 23.3 Å². The maximum atomic E-state index is 11.7. The highest BCUT2D eigenvalue weighted by Gasteiger charge is 2.18. The molecule has 2 rings (SSSR count). The Morgan fingerprint density at radius 2 is 1.67 bits per heavy atom. The Labute approximate surface area is 126 Å². The monoisotopic (exact) mass is 292 g/mol. The molecule has 0 aromatic heterocycles. The summed E-state index contributed by atoms with van der Waals surface area (Å²) in [4.78, 5) is 13.9. The molecule has 0 saturated heterocycles. The number of carbonyl (C=O) groups excluding carboxylic acids is 1. The van der Waals surface area contributed by atoms with Crippen LogP contribution < -0.4 is 14.8 Å². The molecular formula is C16H24N2O3. The van der Waals surface area contributed by atoms with Crippen LogP contribution in [-0.4, -0.2) is 51.2 Å². The Morgan fingerprint density at radius 1 is 1.14 bits per heavy atom. The highest BCUT2D eigenvalue weighted by atomic mass is 16.5. The van der Waals surface area contributed by atoms with Crippen LogP contribution in [0.4, 0.5) is 0 Å². The minimum Gasteiger partial charge on any atom is -0.493 e. The van der Waals surface area contributed by atoms with Gasteiger partial charge in [0.05, 0.1) is 20.8 Å². The van der Waals surface area contributed by atoms with Crippen molar-refractivity contribution in [3.8, 4) is 11.5 Å². The van der Waals surface area contributed by atoms with E-state index >= 15 is 0 Å². The molecule has 1 heterocycles. The number of nitrogens with one attached hydrogen (secondary N) is 1. The topological polar surface area (TPSA) is 50.8 Å². The summed E-state index contributed by atoms with van der Waals surface area (Å²) in [5, 5.41) is 2.85. The van der Waals surface area contributed by atoms with Crippen LogP contribution in [-0.2, 0) is 17.6 Å². The fraction of sp³-hybridized carbons (Fsp3) is 0.562. The van der Waals surface area contributed by atoms with Gasteiger partial charge in [0, 0.05) is 19.6 Å². The Morgan fingerprint density at radius 3 is 2.10 bits per heavy atom. The van der Waals surface area contributed by atoms with Gasteiger partial charge in [-0.2, -0.15) is 0 Å². The summed E-state index contributed by atoms with van der Waals surface area (Å²) in [5.74, 6) is 1.64. The number of carbonyl (C=O) groups is 1. The quantitative estimate of drug-likeness (QED) is 0.887. The first-order chi connectivity index (χ1) is 10.2. The molecule has 0 unspecified atom stereocenters. The van der Waals surface area contributed by atoms with Crippen LogP contribution in [0.15, 0.2) is 12.1 Å². The summed E-state index contributed by atoms with van der Waals surface area (Å²) in [7, 11) is 3.31. The van der Waals surface area contributed by atoms with Gasteiger partial charge in [0.25, 0.3) is 0 Å². The smallest absolute Gasteiger partial charge is 0.234 e. The number of hydrogen-bond donors (Lipinski definition) is 1. The molecule has 0 spiro atoms. The van der Waals surface area contributed by atoms with Crippen LogP contribution in [0.3, 0.4) is 0 Å². The van der Waals surface area contributed by atoms with Crippen LogP contribution in [0, 0.1) is 0 Å². The molecule has 0 aliphatic carbocycles. The van der Waals surface area contributed by atoms with E-state index in [2.05, 4.69) is 22.3 Å². The summed E-state index contributed by atoms with van der Waals surface area (Å²) in [6, 6.07) is 4.12. The van der Waals surface area contributed by atoms with E-state index in [0.717, 1.165) is 37.4 Å². The van der Waals surface area contributed by atoms with Crippen LogP contribution in [0.1, 0.15) is 18.1 Å². The van der Waals surface area contributed by atoms with Crippen molar-refractivity contribution in [2.75, 3.05) is 40.4 Å². The lowest BCUT2D eigenvalue weighted by atomic mass is 10.0. The first-order valence-corrected chi connectivity index (χ1v) is 7.40. The van der Waals surface area contributed by atoms with Crippen molar-refractivity contribution in [2.24, 2.45) is 0 Å². The van der Waals surface area contributed by atoms with Gasteiger partial charge in [-0.05, 0) is 43.0 Å². The molecule has 0 bridgehead atoms. The minimum atomic E-state index is 0.0959. The number of likely N-dealkylation sites (N-methyl/N-ethyl adjacent to an activating group) is 1. The molecule has 5 nitrogen and oxygen atoms in total. The number of rotatable bonds is 5. The molecule has 1 N–H and O–H groups in total. The van der Waals surface area contributed by atoms with E-state index in [4.69, 9.17) is 9.47 Å². The van der Waals surface area contributed by atoms with E-state index in [0.29, 0.717) is 13.1 Å². The summed E-state index contributed by atoms with van der Waals surface area (Å²) in [6.45, 7) is 4.87. The van der Waals surface area contributed by atoms with Crippen molar-refractivity contribution >= 4 is 5.91 Å². The van der Waals surface area contributed by atoms with E-state index < -0.39 is 0 Å². The predicted molar refractivity (Wildman–Crippen MR) is 82.1 cm³/mol. The van der Waals surface area contributed by atoms with Gasteiger partial charge >= 0.3 is 0 Å². The number of ether oxygens (including phenoxy) is 2. The summed E-state index contributed by atoms with van der Waals surface area (Å²) < 4.78 is 10.7. The lowest BCUT2D eigenvalue weighted by Crippen LogP contribution is -2.38. The molecule has 0 radical (unpaired) electrons. The van der Waals surface area contributed by atoms with Crippen molar-refractivity contribution in [3.63, 3.8) is 0 Å². The van der Waals surface area contributed by atoms with Crippen molar-refractivity contribution in [1.29, 1.82) is 0 Å². The molecule has 0 atom stereocenters. The van der Waals surface area contributed by atoms with Crippen molar-refractivity contribution < 1.29 is 14.3 Å². The molecular weight excluding hydrogens is 268 g/mol. The van der Waals surface area contributed by atoms with Gasteiger partial charge in [0.1, 0.15) is 0 Å². The third-order valence-electron chi connectivity index (χ3n) is 3.84. The Kier molecular flexibility index (Phi) is 5.44. The molecule has 1 amide bonds. The maximum Gasteiger partial charge on any atom is 0.234 e. The van der Waals surface area contributed by atoms with Crippen LogP contribution in [0.2, 0.25) is 0 Å². The molecule has 0 saturated carbocycles. The Hall–Kier alpha value is -1.75. The maximum absolute atomic E-state index is 11.7. The van der Waals surface area contributed by atoms with Gasteiger partial charge < -0.3 is 14.8 Å². The zero-order valence-electron chi connectivity index (χ0n) is 13.1. The largest absolute Gasteiger partial charge is 0.493 e. The molecule has 1 aliphatic heterocycles. The summed E-state index contributed by atoms with van der Waals surface area (Å²) in [5.41, 5.74) is 2.57. The number of benzene rings is 1. The van der Waals surface area contributed by atoms with Gasteiger partial charge in [0.15, 0.2) is 11.5 Å². The van der Waals surface area contributed by atoms with Gasteiger partial charge in [-0.25, -0.2) is 0 Å². The molecule has 0 fully saturated rings. The first kappa shape index (κ1) is 15.6. The standard InChI is InChI=1S/C16H24N2O3/c1-4-17-16(19)11-18-7-5-12-9-14(20-2)15(21-3)10-13(12)6-8-18/h9-10H,4-8,11H2,1-3H3,(H,17,19). The fourth-order valence-electron chi connectivity index (χ4n) is 2.71. The average molecular weight is 292 g/mol. The highest BCUT2D eigenvalue weighted by Crippen LogP contribution is 2.32. The van der Waals surface area contributed by atoms with E-state index in [9.17, 15) is 4.79 Å². The van der Waals surface area contributed by atoms with Gasteiger partial charge in [0.2, 0.25) is 5.91 Å². The molecule has 5 heteroatoms. The highest BCUT2D eigenvalue weighted by molar-refractivity contribution is 5.77. The number of methoxy groups -OCH3 is 2. The molecule has 1 aliphatic rings. The Balaban J connectivity index is 2.08.